The van der Waals surface area contributed by atoms with Gasteiger partial charge in [-0.3, -0.25) is 0 Å². The standard InChI is InChI=1S/C12H17NO3S/c1-9-2-3-12(10(6-9)7-13)16-11-4-5-17(14,15)8-11/h2-3,6,11H,4-5,7-8,13H2,1H3. The summed E-state index contributed by atoms with van der Waals surface area (Å²) in [4.78, 5) is 0. The molecule has 1 aliphatic heterocycles. The molecule has 17 heavy (non-hydrogen) atoms. The van der Waals surface area contributed by atoms with E-state index in [1.807, 2.05) is 25.1 Å². The van der Waals surface area contributed by atoms with Gasteiger partial charge < -0.3 is 10.5 Å². The van der Waals surface area contributed by atoms with Crippen LogP contribution in [0, 0.1) is 6.92 Å². The van der Waals surface area contributed by atoms with Gasteiger partial charge in [-0.15, -0.1) is 0 Å². The molecule has 0 bridgehead atoms. The van der Waals surface area contributed by atoms with Crippen LogP contribution in [0.1, 0.15) is 17.5 Å². The summed E-state index contributed by atoms with van der Waals surface area (Å²) >= 11 is 0. The van der Waals surface area contributed by atoms with E-state index in [0.717, 1.165) is 11.1 Å². The molecular formula is C12H17NO3S. The van der Waals surface area contributed by atoms with Gasteiger partial charge >= 0.3 is 0 Å². The Hall–Kier alpha value is -1.07. The van der Waals surface area contributed by atoms with E-state index in [1.54, 1.807) is 0 Å². The van der Waals surface area contributed by atoms with Crippen molar-refractivity contribution >= 4 is 9.84 Å². The second kappa shape index (κ2) is 4.66. The molecule has 2 N–H and O–H groups in total. The summed E-state index contributed by atoms with van der Waals surface area (Å²) in [5.41, 5.74) is 7.70. The Labute approximate surface area is 102 Å². The monoisotopic (exact) mass is 255 g/mol. The fourth-order valence-electron chi connectivity index (χ4n) is 2.02. The largest absolute Gasteiger partial charge is 0.489 e. The molecule has 1 heterocycles. The minimum Gasteiger partial charge on any atom is -0.489 e. The lowest BCUT2D eigenvalue weighted by atomic mass is 10.1. The molecular weight excluding hydrogens is 238 g/mol. The number of sulfone groups is 1. The first-order valence-corrected chi connectivity index (χ1v) is 7.49. The van der Waals surface area contributed by atoms with Crippen LogP contribution in [0.25, 0.3) is 0 Å². The van der Waals surface area contributed by atoms with Crippen LogP contribution in [0.4, 0.5) is 0 Å². The van der Waals surface area contributed by atoms with Crippen LogP contribution in [-0.4, -0.2) is 26.0 Å². The van der Waals surface area contributed by atoms with E-state index < -0.39 is 9.84 Å². The molecule has 0 aromatic heterocycles. The molecule has 4 nitrogen and oxygen atoms in total. The molecule has 5 heteroatoms. The lowest BCUT2D eigenvalue weighted by Crippen LogP contribution is -2.19. The molecule has 1 fully saturated rings. The zero-order valence-electron chi connectivity index (χ0n) is 9.85. The first-order valence-electron chi connectivity index (χ1n) is 5.67. The third-order valence-electron chi connectivity index (χ3n) is 2.92. The summed E-state index contributed by atoms with van der Waals surface area (Å²) in [6.07, 6.45) is 0.341. The Morgan fingerprint density at radius 1 is 1.47 bits per heavy atom. The van der Waals surface area contributed by atoms with Crippen molar-refractivity contribution in [3.05, 3.63) is 29.3 Å². The quantitative estimate of drug-likeness (QED) is 0.875. The van der Waals surface area contributed by atoms with Crippen molar-refractivity contribution in [1.29, 1.82) is 0 Å². The van der Waals surface area contributed by atoms with Crippen molar-refractivity contribution < 1.29 is 13.2 Å². The second-order valence-corrected chi connectivity index (χ2v) is 6.69. The minimum absolute atomic E-state index is 0.116. The van der Waals surface area contributed by atoms with Gasteiger partial charge in [0.15, 0.2) is 9.84 Å². The molecule has 1 atom stereocenters. The lowest BCUT2D eigenvalue weighted by Gasteiger charge is -2.15. The van der Waals surface area contributed by atoms with Gasteiger partial charge in [-0.1, -0.05) is 17.7 Å². The van der Waals surface area contributed by atoms with Crippen molar-refractivity contribution in [2.24, 2.45) is 5.73 Å². The van der Waals surface area contributed by atoms with E-state index >= 15 is 0 Å². The Bertz CT molecular complexity index is 510. The second-order valence-electron chi connectivity index (χ2n) is 4.46. The van der Waals surface area contributed by atoms with E-state index in [9.17, 15) is 8.42 Å². The number of rotatable bonds is 3. The highest BCUT2D eigenvalue weighted by molar-refractivity contribution is 7.91. The predicted octanol–water partition coefficient (Wildman–Crippen LogP) is 1.02. The fraction of sp³-hybridized carbons (Fsp3) is 0.500. The summed E-state index contributed by atoms with van der Waals surface area (Å²) in [5.74, 6) is 1.05. The maximum atomic E-state index is 11.3. The Balaban J connectivity index is 2.14. The van der Waals surface area contributed by atoms with Crippen LogP contribution in [0.3, 0.4) is 0 Å². The molecule has 1 unspecified atom stereocenters. The van der Waals surface area contributed by atoms with Crippen LogP contribution in [0.2, 0.25) is 0 Å². The van der Waals surface area contributed by atoms with Gasteiger partial charge in [0.1, 0.15) is 11.9 Å². The first-order chi connectivity index (χ1) is 8.00. The summed E-state index contributed by atoms with van der Waals surface area (Å²) in [5, 5.41) is 0. The Morgan fingerprint density at radius 3 is 2.82 bits per heavy atom. The van der Waals surface area contributed by atoms with Crippen LogP contribution in [0.15, 0.2) is 18.2 Å². The van der Waals surface area contributed by atoms with E-state index in [2.05, 4.69) is 0 Å². The normalized spacial score (nSPS) is 22.6. The molecule has 0 aliphatic carbocycles. The van der Waals surface area contributed by atoms with Gasteiger partial charge in [0, 0.05) is 12.1 Å². The van der Waals surface area contributed by atoms with Gasteiger partial charge in [-0.2, -0.15) is 0 Å². The van der Waals surface area contributed by atoms with Crippen molar-refractivity contribution in [2.45, 2.75) is 26.0 Å². The molecule has 2 rings (SSSR count). The highest BCUT2D eigenvalue weighted by Crippen LogP contribution is 2.24. The SMILES string of the molecule is Cc1ccc(OC2CCS(=O)(=O)C2)c(CN)c1. The van der Waals surface area contributed by atoms with Crippen LogP contribution >= 0.6 is 0 Å². The maximum absolute atomic E-state index is 11.3. The van der Waals surface area contributed by atoms with E-state index in [0.29, 0.717) is 18.7 Å². The molecule has 1 aromatic carbocycles. The molecule has 94 valence electrons. The molecule has 0 saturated carbocycles. The summed E-state index contributed by atoms with van der Waals surface area (Å²) in [7, 11) is -2.90. The predicted molar refractivity (Wildman–Crippen MR) is 66.8 cm³/mol. The molecule has 1 aliphatic rings. The molecule has 1 aromatic rings. The fourth-order valence-corrected chi connectivity index (χ4v) is 3.61. The number of ether oxygens (including phenoxy) is 1. The number of nitrogens with two attached hydrogens (primary N) is 1. The van der Waals surface area contributed by atoms with Crippen molar-refractivity contribution in [3.63, 3.8) is 0 Å². The topological polar surface area (TPSA) is 69.4 Å². The first kappa shape index (κ1) is 12.4. The third kappa shape index (κ3) is 2.98. The lowest BCUT2D eigenvalue weighted by molar-refractivity contribution is 0.226. The smallest absolute Gasteiger partial charge is 0.154 e. The minimum atomic E-state index is -2.90. The van der Waals surface area contributed by atoms with Crippen LogP contribution in [0.5, 0.6) is 5.75 Å². The summed E-state index contributed by atoms with van der Waals surface area (Å²) < 4.78 is 28.4. The van der Waals surface area contributed by atoms with Crippen molar-refractivity contribution in [2.75, 3.05) is 11.5 Å². The van der Waals surface area contributed by atoms with Crippen molar-refractivity contribution in [3.8, 4) is 5.75 Å². The molecule has 1 saturated heterocycles. The van der Waals surface area contributed by atoms with Gasteiger partial charge in [-0.05, 0) is 19.4 Å². The van der Waals surface area contributed by atoms with Crippen LogP contribution in [-0.2, 0) is 16.4 Å². The summed E-state index contributed by atoms with van der Waals surface area (Å²) in [6, 6.07) is 5.78. The third-order valence-corrected chi connectivity index (χ3v) is 4.66. The van der Waals surface area contributed by atoms with E-state index in [4.69, 9.17) is 10.5 Å². The van der Waals surface area contributed by atoms with Gasteiger partial charge in [0.25, 0.3) is 0 Å². The van der Waals surface area contributed by atoms with E-state index in [1.165, 1.54) is 0 Å². The van der Waals surface area contributed by atoms with Crippen LogP contribution < -0.4 is 10.5 Å². The highest BCUT2D eigenvalue weighted by atomic mass is 32.2. The van der Waals surface area contributed by atoms with Gasteiger partial charge in [0.05, 0.1) is 11.5 Å². The molecule has 0 radical (unpaired) electrons. The van der Waals surface area contributed by atoms with Crippen molar-refractivity contribution in [1.82, 2.24) is 0 Å². The maximum Gasteiger partial charge on any atom is 0.154 e. The average molecular weight is 255 g/mol. The average Bonchev–Trinajstić information content (AvgIpc) is 2.61. The van der Waals surface area contributed by atoms with Gasteiger partial charge in [-0.25, -0.2) is 8.42 Å². The zero-order chi connectivity index (χ0) is 12.5. The number of hydrogen-bond donors (Lipinski definition) is 1. The van der Waals surface area contributed by atoms with E-state index in [-0.39, 0.29) is 17.6 Å². The van der Waals surface area contributed by atoms with Gasteiger partial charge in [0.2, 0.25) is 0 Å². The zero-order valence-corrected chi connectivity index (χ0v) is 10.7. The number of aryl methyl sites for hydroxylation is 1. The Morgan fingerprint density at radius 2 is 2.24 bits per heavy atom. The number of hydrogen-bond acceptors (Lipinski definition) is 4. The number of benzene rings is 1. The highest BCUT2D eigenvalue weighted by Gasteiger charge is 2.29. The Kier molecular flexibility index (Phi) is 3.40. The summed E-state index contributed by atoms with van der Waals surface area (Å²) in [6.45, 7) is 2.39. The molecule has 0 spiro atoms. The molecule has 0 amide bonds.